The molecule has 1 aliphatic heterocycles. The van der Waals surface area contributed by atoms with E-state index in [-0.39, 0.29) is 0 Å². The van der Waals surface area contributed by atoms with Crippen LogP contribution in [0, 0.1) is 5.92 Å². The number of aromatic nitrogens is 1. The molecule has 0 unspecified atom stereocenters. The van der Waals surface area contributed by atoms with E-state index in [0.29, 0.717) is 0 Å². The van der Waals surface area contributed by atoms with Gasteiger partial charge in [0.2, 0.25) is 0 Å². The van der Waals surface area contributed by atoms with Crippen LogP contribution in [0.2, 0.25) is 0 Å². The Kier molecular flexibility index (Phi) is 5.17. The molecule has 0 radical (unpaired) electrons. The van der Waals surface area contributed by atoms with Gasteiger partial charge in [-0.1, -0.05) is 26.7 Å². The van der Waals surface area contributed by atoms with Crippen molar-refractivity contribution in [2.45, 2.75) is 64.8 Å². The molecule has 3 rings (SSSR count). The fraction of sp³-hybridized carbons (Fsp3) is 0.824. The van der Waals surface area contributed by atoms with Gasteiger partial charge in [0.25, 0.3) is 0 Å². The maximum Gasteiger partial charge on any atom is 0.185 e. The SMILES string of the molecule is CCCC1CCN(c2nc(C3CC3)c(CNCC)s2)CC1. The number of rotatable bonds is 7. The number of nitrogens with zero attached hydrogens (tertiary/aromatic N) is 2. The summed E-state index contributed by atoms with van der Waals surface area (Å²) in [5.74, 6) is 1.72. The maximum atomic E-state index is 5.02. The normalized spacial score (nSPS) is 20.2. The van der Waals surface area contributed by atoms with E-state index >= 15 is 0 Å². The molecule has 1 N–H and O–H groups in total. The zero-order valence-corrected chi connectivity index (χ0v) is 14.3. The average molecular weight is 308 g/mol. The van der Waals surface area contributed by atoms with Crippen LogP contribution in [-0.4, -0.2) is 24.6 Å². The zero-order valence-electron chi connectivity index (χ0n) is 13.5. The predicted octanol–water partition coefficient (Wildman–Crippen LogP) is 4.15. The van der Waals surface area contributed by atoms with Gasteiger partial charge in [0.15, 0.2) is 5.13 Å². The lowest BCUT2D eigenvalue weighted by molar-refractivity contribution is 0.378. The number of hydrogen-bond acceptors (Lipinski definition) is 4. The van der Waals surface area contributed by atoms with E-state index in [1.54, 1.807) is 0 Å². The van der Waals surface area contributed by atoms with Gasteiger partial charge < -0.3 is 10.2 Å². The van der Waals surface area contributed by atoms with Gasteiger partial charge in [0, 0.05) is 30.4 Å². The number of nitrogens with one attached hydrogen (secondary N) is 1. The van der Waals surface area contributed by atoms with Gasteiger partial charge >= 0.3 is 0 Å². The fourth-order valence-electron chi connectivity index (χ4n) is 3.35. The van der Waals surface area contributed by atoms with Crippen molar-refractivity contribution in [2.24, 2.45) is 5.92 Å². The molecular weight excluding hydrogens is 278 g/mol. The Morgan fingerprint density at radius 1 is 1.19 bits per heavy atom. The van der Waals surface area contributed by atoms with Crippen LogP contribution < -0.4 is 10.2 Å². The van der Waals surface area contributed by atoms with E-state index in [1.165, 1.54) is 67.3 Å². The summed E-state index contributed by atoms with van der Waals surface area (Å²) in [7, 11) is 0. The van der Waals surface area contributed by atoms with Crippen molar-refractivity contribution in [1.29, 1.82) is 0 Å². The number of piperidine rings is 1. The number of thiazole rings is 1. The second kappa shape index (κ2) is 7.10. The lowest BCUT2D eigenvalue weighted by Gasteiger charge is -2.31. The molecule has 2 fully saturated rings. The van der Waals surface area contributed by atoms with Crippen LogP contribution in [0.5, 0.6) is 0 Å². The molecule has 1 aromatic rings. The molecule has 1 saturated heterocycles. The summed E-state index contributed by atoms with van der Waals surface area (Å²) in [6.07, 6.45) is 8.15. The quantitative estimate of drug-likeness (QED) is 0.820. The van der Waals surface area contributed by atoms with Gasteiger partial charge in [-0.05, 0) is 38.1 Å². The molecule has 0 bridgehead atoms. The van der Waals surface area contributed by atoms with Crippen LogP contribution in [-0.2, 0) is 6.54 Å². The van der Waals surface area contributed by atoms with Crippen molar-refractivity contribution in [3.8, 4) is 0 Å². The maximum absolute atomic E-state index is 5.02. The van der Waals surface area contributed by atoms with Gasteiger partial charge in [0.05, 0.1) is 5.69 Å². The topological polar surface area (TPSA) is 28.2 Å². The van der Waals surface area contributed by atoms with Crippen molar-refractivity contribution in [2.75, 3.05) is 24.5 Å². The molecule has 0 amide bonds. The fourth-order valence-corrected chi connectivity index (χ4v) is 4.52. The molecule has 118 valence electrons. The molecule has 2 aliphatic rings. The Morgan fingerprint density at radius 2 is 1.95 bits per heavy atom. The highest BCUT2D eigenvalue weighted by atomic mass is 32.1. The molecule has 2 heterocycles. The van der Waals surface area contributed by atoms with Crippen molar-refractivity contribution in [3.05, 3.63) is 10.6 Å². The second-order valence-corrected chi connectivity index (χ2v) is 7.64. The van der Waals surface area contributed by atoms with Crippen molar-refractivity contribution >= 4 is 16.5 Å². The summed E-state index contributed by atoms with van der Waals surface area (Å²) in [5.41, 5.74) is 1.41. The third-order valence-corrected chi connectivity index (χ3v) is 5.93. The lowest BCUT2D eigenvalue weighted by atomic mass is 9.93. The van der Waals surface area contributed by atoms with Crippen molar-refractivity contribution in [3.63, 3.8) is 0 Å². The Hall–Kier alpha value is -0.610. The monoisotopic (exact) mass is 307 g/mol. The molecule has 0 aromatic carbocycles. The van der Waals surface area contributed by atoms with Crippen molar-refractivity contribution in [1.82, 2.24) is 10.3 Å². The minimum Gasteiger partial charge on any atom is -0.348 e. The smallest absolute Gasteiger partial charge is 0.185 e. The highest BCUT2D eigenvalue weighted by Gasteiger charge is 2.31. The highest BCUT2D eigenvalue weighted by Crippen LogP contribution is 2.44. The Morgan fingerprint density at radius 3 is 2.57 bits per heavy atom. The first kappa shape index (κ1) is 15.3. The van der Waals surface area contributed by atoms with Crippen LogP contribution >= 0.6 is 11.3 Å². The Balaban J connectivity index is 1.65. The van der Waals surface area contributed by atoms with Gasteiger partial charge in [-0.15, -0.1) is 11.3 Å². The summed E-state index contributed by atoms with van der Waals surface area (Å²) in [6, 6.07) is 0. The molecular formula is C17H29N3S. The van der Waals surface area contributed by atoms with Crippen LogP contribution in [0.4, 0.5) is 5.13 Å². The van der Waals surface area contributed by atoms with E-state index in [9.17, 15) is 0 Å². The first-order valence-electron chi connectivity index (χ1n) is 8.77. The molecule has 21 heavy (non-hydrogen) atoms. The van der Waals surface area contributed by atoms with Crippen molar-refractivity contribution < 1.29 is 0 Å². The second-order valence-electron chi connectivity index (χ2n) is 6.58. The zero-order chi connectivity index (χ0) is 14.7. The van der Waals surface area contributed by atoms with Crippen LogP contribution in [0.15, 0.2) is 0 Å². The summed E-state index contributed by atoms with van der Waals surface area (Å²) < 4.78 is 0. The van der Waals surface area contributed by atoms with E-state index in [1.807, 2.05) is 11.3 Å². The molecule has 3 nitrogen and oxygen atoms in total. The van der Waals surface area contributed by atoms with Gasteiger partial charge in [-0.2, -0.15) is 0 Å². The third kappa shape index (κ3) is 3.78. The van der Waals surface area contributed by atoms with Gasteiger partial charge in [0.1, 0.15) is 0 Å². The number of anilines is 1. The third-order valence-electron chi connectivity index (χ3n) is 4.80. The first-order chi connectivity index (χ1) is 10.3. The minimum atomic E-state index is 0.765. The van der Waals surface area contributed by atoms with E-state index in [2.05, 4.69) is 24.1 Å². The van der Waals surface area contributed by atoms with E-state index in [4.69, 9.17) is 4.98 Å². The van der Waals surface area contributed by atoms with Crippen LogP contribution in [0.3, 0.4) is 0 Å². The van der Waals surface area contributed by atoms with E-state index in [0.717, 1.165) is 24.9 Å². The number of hydrogen-bond donors (Lipinski definition) is 1. The molecule has 1 aliphatic carbocycles. The van der Waals surface area contributed by atoms with E-state index < -0.39 is 0 Å². The van der Waals surface area contributed by atoms with Gasteiger partial charge in [-0.25, -0.2) is 4.98 Å². The van der Waals surface area contributed by atoms with Crippen LogP contribution in [0.1, 0.15) is 68.9 Å². The van der Waals surface area contributed by atoms with Gasteiger partial charge in [-0.3, -0.25) is 0 Å². The lowest BCUT2D eigenvalue weighted by Crippen LogP contribution is -2.33. The minimum absolute atomic E-state index is 0.765. The average Bonchev–Trinajstić information content (AvgIpc) is 3.26. The Bertz CT molecular complexity index is 445. The predicted molar refractivity (Wildman–Crippen MR) is 91.3 cm³/mol. The Labute approximate surface area is 133 Å². The summed E-state index contributed by atoms with van der Waals surface area (Å²) in [5, 5.41) is 4.77. The molecule has 1 saturated carbocycles. The standard InChI is InChI=1S/C17H29N3S/c1-3-5-13-8-10-20(11-9-13)17-19-16(14-6-7-14)15(21-17)12-18-4-2/h13-14,18H,3-12H2,1-2H3. The molecule has 1 aromatic heterocycles. The molecule has 4 heteroatoms. The molecule has 0 spiro atoms. The van der Waals surface area contributed by atoms with Crippen LogP contribution in [0.25, 0.3) is 0 Å². The first-order valence-corrected chi connectivity index (χ1v) is 9.58. The molecule has 0 atom stereocenters. The summed E-state index contributed by atoms with van der Waals surface area (Å²) >= 11 is 1.94. The summed E-state index contributed by atoms with van der Waals surface area (Å²) in [4.78, 5) is 9.05. The summed E-state index contributed by atoms with van der Waals surface area (Å²) in [6.45, 7) is 8.96. The highest BCUT2D eigenvalue weighted by molar-refractivity contribution is 7.15. The largest absolute Gasteiger partial charge is 0.348 e.